The molecule has 1 aliphatic heterocycles. The number of hydrogen-bond donors (Lipinski definition) is 1. The van der Waals surface area contributed by atoms with Gasteiger partial charge < -0.3 is 19.7 Å². The van der Waals surface area contributed by atoms with Gasteiger partial charge in [0.2, 0.25) is 0 Å². The Morgan fingerprint density at radius 2 is 1.88 bits per heavy atom. The number of rotatable bonds is 5. The molecule has 5 rings (SSSR count). The molecule has 0 bridgehead atoms. The van der Waals surface area contributed by atoms with E-state index in [2.05, 4.69) is 27.2 Å². The molecule has 2 aliphatic rings. The highest BCUT2D eigenvalue weighted by molar-refractivity contribution is 5.96. The zero-order chi connectivity index (χ0) is 28.6. The molecule has 2 aromatic carbocycles. The highest BCUT2D eigenvalue weighted by Gasteiger charge is 2.25. The molecule has 0 unspecified atom stereocenters. The standard InChI is InChI=1S/C29H32FN3O2.C3H6O2.H2/c1-3-24-25(11-8-19(2)28(24)30)29(34)33-14-15-35-26-12-9-20(16-22(26)18-33)21-10-13-27(31-17-21)32-23-6-4-5-7-23;1-3(4)5-2;/h8-13,16-17,23H,3-7,14-15,18H2,1-2H3,(H,31,32);1-2H3;1H. The average molecular weight is 550 g/mol. The molecule has 0 saturated heterocycles. The van der Waals surface area contributed by atoms with Crippen molar-refractivity contribution < 1.29 is 24.9 Å². The zero-order valence-corrected chi connectivity index (χ0v) is 23.8. The minimum absolute atomic E-state index is 0. The number of esters is 1. The summed E-state index contributed by atoms with van der Waals surface area (Å²) in [4.78, 5) is 29.4. The molecule has 0 radical (unpaired) electrons. The molecular weight excluding hydrogens is 509 g/mol. The van der Waals surface area contributed by atoms with Crippen molar-refractivity contribution in [1.82, 2.24) is 9.88 Å². The zero-order valence-electron chi connectivity index (χ0n) is 23.8. The minimum Gasteiger partial charge on any atom is -0.491 e. The van der Waals surface area contributed by atoms with Crippen LogP contribution in [0.3, 0.4) is 0 Å². The summed E-state index contributed by atoms with van der Waals surface area (Å²) in [6, 6.07) is 14.1. The Hall–Kier alpha value is -3.94. The number of nitrogens with zero attached hydrogens (tertiary/aromatic N) is 2. The molecular formula is C32H40FN3O4. The largest absolute Gasteiger partial charge is 0.491 e. The number of carbonyl (C=O) groups is 2. The molecule has 40 heavy (non-hydrogen) atoms. The Balaban J connectivity index is 0.000000711. The molecule has 1 aliphatic carbocycles. The summed E-state index contributed by atoms with van der Waals surface area (Å²) in [6.07, 6.45) is 7.34. The van der Waals surface area contributed by atoms with Crippen LogP contribution in [0.2, 0.25) is 0 Å². The molecule has 8 heteroatoms. The van der Waals surface area contributed by atoms with E-state index in [9.17, 15) is 14.0 Å². The second kappa shape index (κ2) is 13.4. The number of hydrogen-bond acceptors (Lipinski definition) is 6. The first-order chi connectivity index (χ1) is 19.3. The van der Waals surface area contributed by atoms with Crippen LogP contribution in [0.5, 0.6) is 5.75 Å². The lowest BCUT2D eigenvalue weighted by Gasteiger charge is -2.22. The van der Waals surface area contributed by atoms with Crippen molar-refractivity contribution in [3.8, 4) is 16.9 Å². The number of aromatic nitrogens is 1. The van der Waals surface area contributed by atoms with Gasteiger partial charge in [-0.05, 0) is 67.6 Å². The van der Waals surface area contributed by atoms with Crippen LogP contribution in [0.15, 0.2) is 48.7 Å². The van der Waals surface area contributed by atoms with E-state index in [1.165, 1.54) is 39.7 Å². The van der Waals surface area contributed by atoms with Gasteiger partial charge in [0.25, 0.3) is 5.91 Å². The smallest absolute Gasteiger partial charge is 0.302 e. The van der Waals surface area contributed by atoms with Crippen molar-refractivity contribution in [3.63, 3.8) is 0 Å². The number of methoxy groups -OCH3 is 1. The summed E-state index contributed by atoms with van der Waals surface area (Å²) in [5, 5.41) is 3.53. The van der Waals surface area contributed by atoms with Crippen molar-refractivity contribution in [2.24, 2.45) is 0 Å². The first-order valence-electron chi connectivity index (χ1n) is 13.9. The van der Waals surface area contributed by atoms with Gasteiger partial charge in [0.1, 0.15) is 24.0 Å². The number of pyridine rings is 1. The Morgan fingerprint density at radius 1 is 1.15 bits per heavy atom. The lowest BCUT2D eigenvalue weighted by molar-refractivity contribution is -0.137. The summed E-state index contributed by atoms with van der Waals surface area (Å²) in [5.41, 5.74) is 4.45. The van der Waals surface area contributed by atoms with E-state index in [0.29, 0.717) is 48.8 Å². The van der Waals surface area contributed by atoms with Gasteiger partial charge in [-0.1, -0.05) is 31.9 Å². The number of nitrogens with one attached hydrogen (secondary N) is 1. The summed E-state index contributed by atoms with van der Waals surface area (Å²) < 4.78 is 24.8. The second-order valence-corrected chi connectivity index (χ2v) is 10.2. The maximum absolute atomic E-state index is 14.7. The monoisotopic (exact) mass is 549 g/mol. The predicted molar refractivity (Wildman–Crippen MR) is 156 cm³/mol. The lowest BCUT2D eigenvalue weighted by Crippen LogP contribution is -2.33. The van der Waals surface area contributed by atoms with Crippen LogP contribution < -0.4 is 10.1 Å². The SMILES string of the molecule is CCc1c(C(=O)N2CCOc3ccc(-c4ccc(NC5CCCC5)nc4)cc3C2)ccc(C)c1F.COC(C)=O.[HH]. The quantitative estimate of drug-likeness (QED) is 0.363. The number of halogens is 1. The fourth-order valence-electron chi connectivity index (χ4n) is 5.13. The molecule has 1 N–H and O–H groups in total. The highest BCUT2D eigenvalue weighted by Crippen LogP contribution is 2.31. The molecule has 1 saturated carbocycles. The van der Waals surface area contributed by atoms with Crippen molar-refractivity contribution in [2.75, 3.05) is 25.6 Å². The molecule has 1 aromatic heterocycles. The molecule has 0 atom stereocenters. The maximum Gasteiger partial charge on any atom is 0.302 e. The fraction of sp³-hybridized carbons (Fsp3) is 0.406. The average Bonchev–Trinajstić information content (AvgIpc) is 3.38. The van der Waals surface area contributed by atoms with Crippen LogP contribution in [0.25, 0.3) is 11.1 Å². The van der Waals surface area contributed by atoms with Gasteiger partial charge in [-0.15, -0.1) is 0 Å². The predicted octanol–water partition coefficient (Wildman–Crippen LogP) is 6.57. The van der Waals surface area contributed by atoms with Crippen molar-refractivity contribution in [1.29, 1.82) is 0 Å². The van der Waals surface area contributed by atoms with Crippen LogP contribution in [0.1, 0.15) is 68.0 Å². The van der Waals surface area contributed by atoms with E-state index in [1.807, 2.05) is 31.3 Å². The molecule has 1 amide bonds. The summed E-state index contributed by atoms with van der Waals surface area (Å²) in [6.45, 7) is 6.23. The van der Waals surface area contributed by atoms with E-state index in [-0.39, 0.29) is 19.1 Å². The fourth-order valence-corrected chi connectivity index (χ4v) is 5.13. The van der Waals surface area contributed by atoms with Gasteiger partial charge in [-0.2, -0.15) is 0 Å². The van der Waals surface area contributed by atoms with Crippen LogP contribution in [0, 0.1) is 12.7 Å². The number of aryl methyl sites for hydroxylation is 1. The van der Waals surface area contributed by atoms with Crippen LogP contribution in [-0.2, 0) is 22.5 Å². The lowest BCUT2D eigenvalue weighted by atomic mass is 9.99. The number of benzene rings is 2. The molecule has 2 heterocycles. The van der Waals surface area contributed by atoms with Gasteiger partial charge >= 0.3 is 5.97 Å². The molecule has 0 spiro atoms. The third kappa shape index (κ3) is 6.97. The normalized spacial score (nSPS) is 14.8. The van der Waals surface area contributed by atoms with Gasteiger partial charge in [0.15, 0.2) is 0 Å². The van der Waals surface area contributed by atoms with Crippen LogP contribution in [-0.4, -0.2) is 48.1 Å². The third-order valence-corrected chi connectivity index (χ3v) is 7.44. The minimum atomic E-state index is -0.287. The highest BCUT2D eigenvalue weighted by atomic mass is 19.1. The number of amides is 1. The van der Waals surface area contributed by atoms with Crippen molar-refractivity contribution in [2.45, 2.75) is 65.5 Å². The Bertz CT molecular complexity index is 1340. The van der Waals surface area contributed by atoms with Gasteiger partial charge in [0, 0.05) is 49.4 Å². The number of fused-ring (bicyclic) bond motifs is 1. The third-order valence-electron chi connectivity index (χ3n) is 7.44. The van der Waals surface area contributed by atoms with E-state index in [1.54, 1.807) is 24.0 Å². The first kappa shape index (κ1) is 29.1. The van der Waals surface area contributed by atoms with E-state index >= 15 is 0 Å². The second-order valence-electron chi connectivity index (χ2n) is 10.2. The Kier molecular flexibility index (Phi) is 9.74. The molecule has 214 valence electrons. The molecule has 3 aromatic rings. The summed E-state index contributed by atoms with van der Waals surface area (Å²) in [7, 11) is 1.35. The summed E-state index contributed by atoms with van der Waals surface area (Å²) in [5.74, 6) is 0.997. The van der Waals surface area contributed by atoms with E-state index in [4.69, 9.17) is 4.74 Å². The molecule has 1 fully saturated rings. The summed E-state index contributed by atoms with van der Waals surface area (Å²) >= 11 is 0. The Labute approximate surface area is 237 Å². The number of ether oxygens (including phenoxy) is 2. The van der Waals surface area contributed by atoms with Crippen LogP contribution >= 0.6 is 0 Å². The van der Waals surface area contributed by atoms with E-state index < -0.39 is 0 Å². The first-order valence-corrected chi connectivity index (χ1v) is 13.9. The molecule has 7 nitrogen and oxygen atoms in total. The van der Waals surface area contributed by atoms with Gasteiger partial charge in [-0.25, -0.2) is 9.37 Å². The van der Waals surface area contributed by atoms with Gasteiger partial charge in [-0.3, -0.25) is 9.59 Å². The van der Waals surface area contributed by atoms with Crippen molar-refractivity contribution in [3.05, 3.63) is 76.7 Å². The number of anilines is 1. The van der Waals surface area contributed by atoms with Crippen LogP contribution in [0.4, 0.5) is 10.2 Å². The Morgan fingerprint density at radius 3 is 2.52 bits per heavy atom. The number of carbonyl (C=O) groups excluding carboxylic acids is 2. The van der Waals surface area contributed by atoms with Crippen molar-refractivity contribution >= 4 is 17.7 Å². The maximum atomic E-state index is 14.7. The van der Waals surface area contributed by atoms with Gasteiger partial charge in [0.05, 0.1) is 13.7 Å². The van der Waals surface area contributed by atoms with E-state index in [0.717, 1.165) is 28.3 Å². The topological polar surface area (TPSA) is 80.8 Å².